The monoisotopic (exact) mass is 305 g/mol. The molecule has 3 N–H and O–H groups in total. The van der Waals surface area contributed by atoms with E-state index in [1.165, 1.54) is 37.0 Å². The number of aromatic nitrogens is 2. The molecule has 21 heavy (non-hydrogen) atoms. The summed E-state index contributed by atoms with van der Waals surface area (Å²) in [6.45, 7) is 5.29. The Kier molecular flexibility index (Phi) is 4.26. The molecule has 0 aliphatic heterocycles. The third kappa shape index (κ3) is 2.82. The Bertz CT molecular complexity index is 618. The van der Waals surface area contributed by atoms with Crippen molar-refractivity contribution in [2.24, 2.45) is 5.84 Å². The number of thiophene rings is 1. The minimum Gasteiger partial charge on any atom is -0.353 e. The molecule has 114 valence electrons. The van der Waals surface area contributed by atoms with Crippen LogP contribution in [0.15, 0.2) is 6.07 Å². The summed E-state index contributed by atoms with van der Waals surface area (Å²) in [5.41, 5.74) is 2.61. The van der Waals surface area contributed by atoms with Gasteiger partial charge in [-0.05, 0) is 32.8 Å². The number of nitrogens with zero attached hydrogens (tertiary/aromatic N) is 3. The van der Waals surface area contributed by atoms with Crippen LogP contribution < -0.4 is 16.2 Å². The van der Waals surface area contributed by atoms with Gasteiger partial charge in [-0.15, -0.1) is 11.3 Å². The first kappa shape index (κ1) is 14.5. The standard InChI is InChI=1S/C15H23N5S/c1-3-20(11-7-5-4-6-8-11)13-12-9-10(2)21-14(12)18-15(17-13)19-16/h9,11H,3-8,16H2,1-2H3,(H,17,18,19). The summed E-state index contributed by atoms with van der Waals surface area (Å²) < 4.78 is 0. The van der Waals surface area contributed by atoms with Gasteiger partial charge in [0.25, 0.3) is 0 Å². The Morgan fingerprint density at radius 1 is 1.33 bits per heavy atom. The Balaban J connectivity index is 2.06. The molecule has 0 bridgehead atoms. The molecule has 3 rings (SSSR count). The van der Waals surface area contributed by atoms with E-state index in [1.54, 1.807) is 11.3 Å². The van der Waals surface area contributed by atoms with Gasteiger partial charge in [0, 0.05) is 17.5 Å². The third-order valence-corrected chi connectivity index (χ3v) is 5.20. The van der Waals surface area contributed by atoms with Gasteiger partial charge >= 0.3 is 0 Å². The predicted molar refractivity (Wildman–Crippen MR) is 89.9 cm³/mol. The molecule has 2 aromatic heterocycles. The number of fused-ring (bicyclic) bond motifs is 1. The maximum atomic E-state index is 5.55. The number of rotatable bonds is 4. The van der Waals surface area contributed by atoms with Crippen molar-refractivity contribution < 1.29 is 0 Å². The molecule has 0 spiro atoms. The second kappa shape index (κ2) is 6.15. The second-order valence-corrected chi connectivity index (χ2v) is 6.90. The lowest BCUT2D eigenvalue weighted by atomic mass is 9.94. The molecule has 5 nitrogen and oxygen atoms in total. The molecule has 0 saturated heterocycles. The van der Waals surface area contributed by atoms with Gasteiger partial charge in [-0.3, -0.25) is 5.43 Å². The lowest BCUT2D eigenvalue weighted by Gasteiger charge is -2.34. The Morgan fingerprint density at radius 2 is 2.10 bits per heavy atom. The highest BCUT2D eigenvalue weighted by Crippen LogP contribution is 2.34. The second-order valence-electron chi connectivity index (χ2n) is 5.67. The molecule has 0 unspecified atom stereocenters. The highest BCUT2D eigenvalue weighted by atomic mass is 32.1. The first-order chi connectivity index (χ1) is 10.2. The van der Waals surface area contributed by atoms with E-state index in [-0.39, 0.29) is 0 Å². The molecule has 2 heterocycles. The van der Waals surface area contributed by atoms with Crippen LogP contribution in [0.25, 0.3) is 10.2 Å². The molecule has 1 saturated carbocycles. The average Bonchev–Trinajstić information content (AvgIpc) is 2.89. The zero-order valence-electron chi connectivity index (χ0n) is 12.7. The summed E-state index contributed by atoms with van der Waals surface area (Å²) >= 11 is 1.70. The number of anilines is 2. The molecule has 2 aromatic rings. The number of hydrazine groups is 1. The van der Waals surface area contributed by atoms with Crippen LogP contribution in [-0.4, -0.2) is 22.6 Å². The van der Waals surface area contributed by atoms with E-state index in [0.717, 1.165) is 22.6 Å². The van der Waals surface area contributed by atoms with Crippen molar-refractivity contribution in [3.05, 3.63) is 10.9 Å². The SMILES string of the molecule is CCN(c1nc(NN)nc2sc(C)cc12)C1CCCCC1. The quantitative estimate of drug-likeness (QED) is 0.669. The first-order valence-electron chi connectivity index (χ1n) is 7.74. The van der Waals surface area contributed by atoms with Crippen LogP contribution in [0.2, 0.25) is 0 Å². The fourth-order valence-corrected chi connectivity index (χ4v) is 4.16. The van der Waals surface area contributed by atoms with Crippen LogP contribution in [0, 0.1) is 6.92 Å². The minimum atomic E-state index is 0.508. The zero-order valence-corrected chi connectivity index (χ0v) is 13.5. The highest BCUT2D eigenvalue weighted by Gasteiger charge is 2.24. The van der Waals surface area contributed by atoms with Crippen molar-refractivity contribution >= 4 is 33.3 Å². The van der Waals surface area contributed by atoms with Crippen molar-refractivity contribution in [3.63, 3.8) is 0 Å². The van der Waals surface area contributed by atoms with Crippen LogP contribution in [0.3, 0.4) is 0 Å². The van der Waals surface area contributed by atoms with Gasteiger partial charge < -0.3 is 4.90 Å². The van der Waals surface area contributed by atoms with Crippen LogP contribution in [-0.2, 0) is 0 Å². The predicted octanol–water partition coefficient (Wildman–Crippen LogP) is 3.44. The van der Waals surface area contributed by atoms with E-state index >= 15 is 0 Å². The lowest BCUT2D eigenvalue weighted by molar-refractivity contribution is 0.417. The summed E-state index contributed by atoms with van der Waals surface area (Å²) in [4.78, 5) is 13.9. The van der Waals surface area contributed by atoms with Gasteiger partial charge in [0.1, 0.15) is 10.6 Å². The summed E-state index contributed by atoms with van der Waals surface area (Å²) in [6, 6.07) is 2.79. The molecular weight excluding hydrogens is 282 g/mol. The van der Waals surface area contributed by atoms with E-state index in [9.17, 15) is 0 Å². The summed E-state index contributed by atoms with van der Waals surface area (Å²) in [7, 11) is 0. The van der Waals surface area contributed by atoms with Crippen molar-refractivity contribution in [3.8, 4) is 0 Å². The number of hydrogen-bond donors (Lipinski definition) is 2. The van der Waals surface area contributed by atoms with Crippen molar-refractivity contribution in [1.29, 1.82) is 0 Å². The Hall–Kier alpha value is -1.40. The molecule has 0 radical (unpaired) electrons. The molecule has 0 amide bonds. The largest absolute Gasteiger partial charge is 0.353 e. The van der Waals surface area contributed by atoms with Crippen molar-refractivity contribution in [2.75, 3.05) is 16.9 Å². The zero-order chi connectivity index (χ0) is 14.8. The van der Waals surface area contributed by atoms with E-state index < -0.39 is 0 Å². The maximum absolute atomic E-state index is 5.55. The maximum Gasteiger partial charge on any atom is 0.240 e. The molecule has 1 aliphatic carbocycles. The third-order valence-electron chi connectivity index (χ3n) is 4.25. The fraction of sp³-hybridized carbons (Fsp3) is 0.600. The number of hydrogen-bond acceptors (Lipinski definition) is 6. The van der Waals surface area contributed by atoms with Crippen molar-refractivity contribution in [1.82, 2.24) is 9.97 Å². The van der Waals surface area contributed by atoms with Crippen LogP contribution >= 0.6 is 11.3 Å². The number of nitrogens with one attached hydrogen (secondary N) is 1. The fourth-order valence-electron chi connectivity index (χ4n) is 3.28. The van der Waals surface area contributed by atoms with Gasteiger partial charge in [0.15, 0.2) is 0 Å². The molecular formula is C15H23N5S. The smallest absolute Gasteiger partial charge is 0.240 e. The summed E-state index contributed by atoms with van der Waals surface area (Å²) in [5, 5.41) is 1.16. The summed E-state index contributed by atoms with van der Waals surface area (Å²) in [6.07, 6.45) is 6.52. The highest BCUT2D eigenvalue weighted by molar-refractivity contribution is 7.18. The molecule has 0 aromatic carbocycles. The summed E-state index contributed by atoms with van der Waals surface area (Å²) in [5.74, 6) is 7.09. The Labute approximate surface area is 129 Å². The van der Waals surface area contributed by atoms with Crippen LogP contribution in [0.1, 0.15) is 43.9 Å². The average molecular weight is 305 g/mol. The van der Waals surface area contributed by atoms with Gasteiger partial charge in [-0.2, -0.15) is 4.98 Å². The van der Waals surface area contributed by atoms with Gasteiger partial charge in [-0.25, -0.2) is 10.8 Å². The van der Waals surface area contributed by atoms with Crippen LogP contribution in [0.4, 0.5) is 11.8 Å². The van der Waals surface area contributed by atoms with Gasteiger partial charge in [0.05, 0.1) is 5.39 Å². The van der Waals surface area contributed by atoms with Crippen molar-refractivity contribution in [2.45, 2.75) is 52.0 Å². The first-order valence-corrected chi connectivity index (χ1v) is 8.56. The Morgan fingerprint density at radius 3 is 2.76 bits per heavy atom. The molecule has 1 aliphatic rings. The molecule has 1 fully saturated rings. The molecule has 6 heteroatoms. The van der Waals surface area contributed by atoms with E-state index in [0.29, 0.717) is 12.0 Å². The topological polar surface area (TPSA) is 67.1 Å². The minimum absolute atomic E-state index is 0.508. The van der Waals surface area contributed by atoms with E-state index in [2.05, 4.69) is 40.2 Å². The normalized spacial score (nSPS) is 16.3. The van der Waals surface area contributed by atoms with E-state index in [1.807, 2.05) is 0 Å². The van der Waals surface area contributed by atoms with Crippen LogP contribution in [0.5, 0.6) is 0 Å². The van der Waals surface area contributed by atoms with Gasteiger partial charge in [-0.1, -0.05) is 19.3 Å². The lowest BCUT2D eigenvalue weighted by Crippen LogP contribution is -2.37. The number of aryl methyl sites for hydroxylation is 1. The number of nitrogen functional groups attached to an aromatic ring is 1. The van der Waals surface area contributed by atoms with E-state index in [4.69, 9.17) is 5.84 Å². The van der Waals surface area contributed by atoms with Gasteiger partial charge in [0.2, 0.25) is 5.95 Å². The molecule has 0 atom stereocenters. The number of nitrogens with two attached hydrogens (primary N) is 1.